The summed E-state index contributed by atoms with van der Waals surface area (Å²) in [4.78, 5) is 33.8. The molecule has 190 valence electrons. The van der Waals surface area contributed by atoms with Crippen LogP contribution in [0.3, 0.4) is 0 Å². The molecular weight excluding hydrogens is 465 g/mol. The van der Waals surface area contributed by atoms with E-state index in [-0.39, 0.29) is 17.3 Å². The fourth-order valence-electron chi connectivity index (χ4n) is 4.44. The molecule has 0 spiro atoms. The molecule has 37 heavy (non-hydrogen) atoms. The van der Waals surface area contributed by atoms with Crippen molar-refractivity contribution in [2.45, 2.75) is 45.6 Å². The van der Waals surface area contributed by atoms with E-state index in [1.54, 1.807) is 47.4 Å². The first-order valence-electron chi connectivity index (χ1n) is 12.8. The lowest BCUT2D eigenvalue weighted by Gasteiger charge is -2.30. The van der Waals surface area contributed by atoms with Gasteiger partial charge in [-0.2, -0.15) is 0 Å². The molecule has 1 heterocycles. The molecule has 0 N–H and O–H groups in total. The number of carbonyl (C=O) groups excluding carboxylic acids is 1. The van der Waals surface area contributed by atoms with E-state index in [2.05, 4.69) is 6.92 Å². The Bertz CT molecular complexity index is 1430. The third-order valence-corrected chi connectivity index (χ3v) is 6.48. The van der Waals surface area contributed by atoms with Gasteiger partial charge in [0, 0.05) is 12.6 Å². The topological polar surface area (TPSA) is 55.2 Å². The van der Waals surface area contributed by atoms with Crippen molar-refractivity contribution in [3.05, 3.63) is 112 Å². The molecule has 1 aromatic heterocycles. The van der Waals surface area contributed by atoms with Gasteiger partial charge in [-0.1, -0.05) is 68.7 Å². The number of unbranched alkanes of at least 4 members (excludes halogenated alkanes) is 3. The van der Waals surface area contributed by atoms with E-state index in [1.807, 2.05) is 43.3 Å². The number of hydrogen-bond acceptors (Lipinski definition) is 3. The number of benzene rings is 3. The van der Waals surface area contributed by atoms with E-state index in [9.17, 15) is 14.0 Å². The van der Waals surface area contributed by atoms with Crippen molar-refractivity contribution < 1.29 is 9.18 Å². The molecule has 0 saturated heterocycles. The SMILES string of the molecule is CCCCCCN(C(=O)/C=C/c1ccccc1)C(C)c1nc2ccccc2c(=O)n1-c1ccc(F)cc1. The third-order valence-electron chi connectivity index (χ3n) is 6.48. The van der Waals surface area contributed by atoms with Crippen LogP contribution in [0.2, 0.25) is 0 Å². The van der Waals surface area contributed by atoms with Crippen molar-refractivity contribution in [1.29, 1.82) is 0 Å². The summed E-state index contributed by atoms with van der Waals surface area (Å²) in [6.07, 6.45) is 7.41. The van der Waals surface area contributed by atoms with E-state index >= 15 is 0 Å². The molecule has 4 rings (SSSR count). The molecule has 0 fully saturated rings. The predicted octanol–water partition coefficient (Wildman–Crippen LogP) is 6.71. The molecule has 0 aliphatic heterocycles. The quantitative estimate of drug-likeness (QED) is 0.181. The van der Waals surface area contributed by atoms with Gasteiger partial charge in [-0.25, -0.2) is 9.37 Å². The molecule has 1 amide bonds. The molecule has 0 bridgehead atoms. The van der Waals surface area contributed by atoms with E-state index in [1.165, 1.54) is 16.7 Å². The van der Waals surface area contributed by atoms with Crippen LogP contribution in [0.5, 0.6) is 0 Å². The first-order chi connectivity index (χ1) is 18.0. The Morgan fingerprint density at radius 2 is 1.68 bits per heavy atom. The summed E-state index contributed by atoms with van der Waals surface area (Å²) in [5.74, 6) is -0.105. The minimum atomic E-state index is -0.503. The Labute approximate surface area is 216 Å². The highest BCUT2D eigenvalue weighted by molar-refractivity contribution is 5.92. The molecule has 4 aromatic rings. The number of fused-ring (bicyclic) bond motifs is 1. The van der Waals surface area contributed by atoms with Crippen LogP contribution in [0.4, 0.5) is 4.39 Å². The standard InChI is InChI=1S/C31H32FN3O2/c1-3-4-5-11-22-34(29(36)21-16-24-12-7-6-8-13-24)23(2)30-33-28-15-10-9-14-27(28)31(37)35(30)26-19-17-25(32)18-20-26/h6-10,12-21,23H,3-5,11,22H2,1-2H3/b21-16+. The maximum Gasteiger partial charge on any atom is 0.266 e. The molecule has 1 atom stereocenters. The molecule has 0 aliphatic rings. The second-order valence-corrected chi connectivity index (χ2v) is 9.12. The molecule has 5 nitrogen and oxygen atoms in total. The molecule has 0 aliphatic carbocycles. The van der Waals surface area contributed by atoms with Gasteiger partial charge in [-0.3, -0.25) is 14.2 Å². The fraction of sp³-hybridized carbons (Fsp3) is 0.258. The van der Waals surface area contributed by atoms with Crippen molar-refractivity contribution in [3.8, 4) is 5.69 Å². The minimum Gasteiger partial charge on any atom is -0.329 e. The van der Waals surface area contributed by atoms with Gasteiger partial charge in [0.25, 0.3) is 5.56 Å². The van der Waals surface area contributed by atoms with Crippen LogP contribution in [-0.2, 0) is 4.79 Å². The van der Waals surface area contributed by atoms with E-state index in [0.29, 0.717) is 29.0 Å². The highest BCUT2D eigenvalue weighted by atomic mass is 19.1. The highest BCUT2D eigenvalue weighted by Gasteiger charge is 2.25. The summed E-state index contributed by atoms with van der Waals surface area (Å²) in [5.41, 5.74) is 1.74. The van der Waals surface area contributed by atoms with Gasteiger partial charge in [0.15, 0.2) is 0 Å². The normalized spacial score (nSPS) is 12.2. The Morgan fingerprint density at radius 3 is 2.41 bits per heavy atom. The molecular formula is C31H32FN3O2. The zero-order valence-electron chi connectivity index (χ0n) is 21.3. The van der Waals surface area contributed by atoms with Crippen molar-refractivity contribution in [2.75, 3.05) is 6.54 Å². The van der Waals surface area contributed by atoms with Gasteiger partial charge < -0.3 is 4.90 Å². The van der Waals surface area contributed by atoms with Crippen LogP contribution in [0.15, 0.2) is 89.7 Å². The number of para-hydroxylation sites is 1. The van der Waals surface area contributed by atoms with Crippen LogP contribution in [0, 0.1) is 5.82 Å². The van der Waals surface area contributed by atoms with Crippen LogP contribution in [-0.4, -0.2) is 26.9 Å². The first kappa shape index (κ1) is 26.0. The third kappa shape index (κ3) is 6.20. The average molecular weight is 498 g/mol. The van der Waals surface area contributed by atoms with Crippen molar-refractivity contribution in [2.24, 2.45) is 0 Å². The molecule has 0 saturated carbocycles. The highest BCUT2D eigenvalue weighted by Crippen LogP contribution is 2.24. The van der Waals surface area contributed by atoms with Crippen LogP contribution < -0.4 is 5.56 Å². The Balaban J connectivity index is 1.78. The zero-order valence-corrected chi connectivity index (χ0v) is 21.3. The number of nitrogens with zero attached hydrogens (tertiary/aromatic N) is 3. The number of rotatable bonds is 10. The largest absolute Gasteiger partial charge is 0.329 e. The summed E-state index contributed by atoms with van der Waals surface area (Å²) in [5, 5.41) is 0.465. The summed E-state index contributed by atoms with van der Waals surface area (Å²) in [6, 6.07) is 22.1. The smallest absolute Gasteiger partial charge is 0.266 e. The molecule has 3 aromatic carbocycles. The summed E-state index contributed by atoms with van der Waals surface area (Å²) < 4.78 is 15.2. The lowest BCUT2D eigenvalue weighted by atomic mass is 10.1. The summed E-state index contributed by atoms with van der Waals surface area (Å²) in [6.45, 7) is 4.57. The van der Waals surface area contributed by atoms with E-state index in [4.69, 9.17) is 4.98 Å². The summed E-state index contributed by atoms with van der Waals surface area (Å²) in [7, 11) is 0. The van der Waals surface area contributed by atoms with Crippen molar-refractivity contribution in [1.82, 2.24) is 14.5 Å². The number of halogens is 1. The Kier molecular flexibility index (Phi) is 8.62. The fourth-order valence-corrected chi connectivity index (χ4v) is 4.44. The Morgan fingerprint density at radius 1 is 0.973 bits per heavy atom. The molecule has 0 radical (unpaired) electrons. The van der Waals surface area contributed by atoms with Crippen molar-refractivity contribution in [3.63, 3.8) is 0 Å². The maximum atomic E-state index is 13.7. The zero-order chi connectivity index (χ0) is 26.2. The van der Waals surface area contributed by atoms with E-state index in [0.717, 1.165) is 31.2 Å². The van der Waals surface area contributed by atoms with Crippen LogP contribution in [0.25, 0.3) is 22.7 Å². The monoisotopic (exact) mass is 497 g/mol. The van der Waals surface area contributed by atoms with Gasteiger partial charge in [-0.05, 0) is 61.4 Å². The second-order valence-electron chi connectivity index (χ2n) is 9.12. The Hall–Kier alpha value is -4.06. The maximum absolute atomic E-state index is 13.7. The van der Waals surface area contributed by atoms with Crippen molar-refractivity contribution >= 4 is 22.9 Å². The number of carbonyl (C=O) groups is 1. The first-order valence-corrected chi connectivity index (χ1v) is 12.8. The van der Waals surface area contributed by atoms with Crippen LogP contribution in [0.1, 0.15) is 57.0 Å². The average Bonchev–Trinajstić information content (AvgIpc) is 2.92. The number of amides is 1. The number of aromatic nitrogens is 2. The lowest BCUT2D eigenvalue weighted by molar-refractivity contribution is -0.128. The number of hydrogen-bond donors (Lipinski definition) is 0. The van der Waals surface area contributed by atoms with E-state index < -0.39 is 6.04 Å². The van der Waals surface area contributed by atoms with Gasteiger partial charge in [0.1, 0.15) is 11.6 Å². The minimum absolute atomic E-state index is 0.152. The van der Waals surface area contributed by atoms with Gasteiger partial charge in [0.2, 0.25) is 5.91 Å². The van der Waals surface area contributed by atoms with Gasteiger partial charge in [-0.15, -0.1) is 0 Å². The molecule has 6 heteroatoms. The van der Waals surface area contributed by atoms with Crippen LogP contribution >= 0.6 is 0 Å². The predicted molar refractivity (Wildman–Crippen MR) is 147 cm³/mol. The molecule has 1 unspecified atom stereocenters. The lowest BCUT2D eigenvalue weighted by Crippen LogP contribution is -2.37. The van der Waals surface area contributed by atoms with Gasteiger partial charge in [0.05, 0.1) is 22.6 Å². The van der Waals surface area contributed by atoms with Gasteiger partial charge >= 0.3 is 0 Å². The summed E-state index contributed by atoms with van der Waals surface area (Å²) >= 11 is 0. The second kappa shape index (κ2) is 12.3.